The molecule has 4 aromatic carbocycles. The third-order valence-corrected chi connectivity index (χ3v) is 7.68. The molecule has 0 aromatic heterocycles. The molecule has 0 radical (unpaired) electrons. The van der Waals surface area contributed by atoms with Crippen LogP contribution in [0.25, 0.3) is 21.5 Å². The van der Waals surface area contributed by atoms with Crippen LogP contribution >= 0.6 is 0 Å². The molecule has 1 aliphatic rings. The fraction of sp³-hybridized carbons (Fsp3) is 0.364. The molecular formula is C33H38N2O2. The number of fused-ring (bicyclic) bond motifs is 2. The van der Waals surface area contributed by atoms with Crippen molar-refractivity contribution < 1.29 is 9.53 Å². The Morgan fingerprint density at radius 1 is 0.811 bits per heavy atom. The van der Waals surface area contributed by atoms with E-state index in [-0.39, 0.29) is 24.2 Å². The quantitative estimate of drug-likeness (QED) is 0.281. The van der Waals surface area contributed by atoms with E-state index in [9.17, 15) is 4.79 Å². The number of amides is 1. The lowest BCUT2D eigenvalue weighted by atomic mass is 9.92. The highest BCUT2D eigenvalue weighted by molar-refractivity contribution is 5.87. The fourth-order valence-electron chi connectivity index (χ4n) is 6.00. The van der Waals surface area contributed by atoms with Crippen molar-refractivity contribution in [2.24, 2.45) is 0 Å². The highest BCUT2D eigenvalue weighted by Crippen LogP contribution is 2.39. The number of carbonyl (C=O) groups excluding carboxylic acids is 1. The molecule has 192 valence electrons. The molecular weight excluding hydrogens is 456 g/mol. The maximum absolute atomic E-state index is 12.9. The van der Waals surface area contributed by atoms with Crippen LogP contribution in [-0.4, -0.2) is 40.6 Å². The first-order chi connectivity index (χ1) is 17.7. The third kappa shape index (κ3) is 5.21. The summed E-state index contributed by atoms with van der Waals surface area (Å²) in [5, 5.41) is 5.09. The Kier molecular flexibility index (Phi) is 6.96. The van der Waals surface area contributed by atoms with Gasteiger partial charge in [0.25, 0.3) is 0 Å². The van der Waals surface area contributed by atoms with E-state index in [2.05, 4.69) is 104 Å². The van der Waals surface area contributed by atoms with E-state index in [1.807, 2.05) is 25.7 Å². The fourth-order valence-corrected chi connectivity index (χ4v) is 6.00. The monoisotopic (exact) mass is 494 g/mol. The van der Waals surface area contributed by atoms with Gasteiger partial charge in [-0.15, -0.1) is 0 Å². The number of nitrogens with zero attached hydrogens (tertiary/aromatic N) is 2. The van der Waals surface area contributed by atoms with Gasteiger partial charge in [-0.2, -0.15) is 0 Å². The van der Waals surface area contributed by atoms with Gasteiger partial charge in [0, 0.05) is 31.2 Å². The lowest BCUT2D eigenvalue weighted by Gasteiger charge is -2.40. The minimum Gasteiger partial charge on any atom is -0.444 e. The molecule has 37 heavy (non-hydrogen) atoms. The molecule has 1 aliphatic heterocycles. The van der Waals surface area contributed by atoms with Crippen LogP contribution in [0, 0.1) is 0 Å². The van der Waals surface area contributed by atoms with Crippen molar-refractivity contribution in [1.82, 2.24) is 9.80 Å². The summed E-state index contributed by atoms with van der Waals surface area (Å²) in [4.78, 5) is 17.5. The number of benzene rings is 4. The van der Waals surface area contributed by atoms with E-state index < -0.39 is 5.60 Å². The van der Waals surface area contributed by atoms with Gasteiger partial charge >= 0.3 is 6.09 Å². The van der Waals surface area contributed by atoms with Gasteiger partial charge in [-0.25, -0.2) is 4.79 Å². The predicted octanol–water partition coefficient (Wildman–Crippen LogP) is 8.13. The van der Waals surface area contributed by atoms with E-state index >= 15 is 0 Å². The molecule has 1 amide bonds. The Morgan fingerprint density at radius 3 is 1.81 bits per heavy atom. The average Bonchev–Trinajstić information content (AvgIpc) is 3.37. The second kappa shape index (κ2) is 10.2. The molecule has 0 N–H and O–H groups in total. The average molecular weight is 495 g/mol. The molecule has 1 fully saturated rings. The lowest BCUT2D eigenvalue weighted by Crippen LogP contribution is -2.42. The van der Waals surface area contributed by atoms with Crippen LogP contribution in [0.4, 0.5) is 4.79 Å². The SMILES string of the molecule is CC(c1cccc2ccccc12)N(C1CCN(C(=O)OC(C)(C)C)C1)C(C)c1cccc2ccccc12. The number of hydrogen-bond acceptors (Lipinski definition) is 3. The van der Waals surface area contributed by atoms with Crippen molar-refractivity contribution >= 4 is 27.6 Å². The molecule has 3 atom stereocenters. The minimum atomic E-state index is -0.499. The van der Waals surface area contributed by atoms with Gasteiger partial charge in [0.2, 0.25) is 0 Å². The zero-order chi connectivity index (χ0) is 26.2. The van der Waals surface area contributed by atoms with Crippen LogP contribution < -0.4 is 0 Å². The van der Waals surface area contributed by atoms with Crippen LogP contribution in [-0.2, 0) is 4.74 Å². The number of ether oxygens (including phenoxy) is 1. The summed E-state index contributed by atoms with van der Waals surface area (Å²) < 4.78 is 5.72. The van der Waals surface area contributed by atoms with Gasteiger partial charge in [-0.1, -0.05) is 84.9 Å². The van der Waals surface area contributed by atoms with E-state index in [4.69, 9.17) is 4.74 Å². The highest BCUT2D eigenvalue weighted by Gasteiger charge is 2.38. The maximum atomic E-state index is 12.9. The van der Waals surface area contributed by atoms with Crippen molar-refractivity contribution in [3.8, 4) is 0 Å². The standard InChI is InChI=1S/C33H38N2O2/c1-23(28-18-10-14-25-12-6-8-16-30(25)28)35(27-20-21-34(22-27)32(36)37-33(3,4)5)24(2)29-19-11-15-26-13-7-9-17-31(26)29/h6-19,23-24,27H,20-22H2,1-5H3. The molecule has 1 heterocycles. The van der Waals surface area contributed by atoms with Crippen molar-refractivity contribution in [3.63, 3.8) is 0 Å². The zero-order valence-corrected chi connectivity index (χ0v) is 22.6. The number of carbonyl (C=O) groups is 1. The Morgan fingerprint density at radius 2 is 1.30 bits per heavy atom. The van der Waals surface area contributed by atoms with E-state index in [1.54, 1.807) is 0 Å². The van der Waals surface area contributed by atoms with E-state index in [1.165, 1.54) is 32.7 Å². The lowest BCUT2D eigenvalue weighted by molar-refractivity contribution is 0.0260. The van der Waals surface area contributed by atoms with E-state index in [0.717, 1.165) is 6.42 Å². The Labute approximate surface area is 220 Å². The molecule has 5 rings (SSSR count). The predicted molar refractivity (Wildman–Crippen MR) is 153 cm³/mol. The van der Waals surface area contributed by atoms with Crippen LogP contribution in [0.3, 0.4) is 0 Å². The maximum Gasteiger partial charge on any atom is 0.410 e. The third-order valence-electron chi connectivity index (χ3n) is 7.68. The zero-order valence-electron chi connectivity index (χ0n) is 22.6. The van der Waals surface area contributed by atoms with Gasteiger partial charge in [-0.05, 0) is 73.7 Å². The van der Waals surface area contributed by atoms with Crippen LogP contribution in [0.2, 0.25) is 0 Å². The van der Waals surface area contributed by atoms with Crippen LogP contribution in [0.15, 0.2) is 84.9 Å². The summed E-state index contributed by atoms with van der Waals surface area (Å²) in [5.41, 5.74) is 2.14. The van der Waals surface area contributed by atoms with Crippen molar-refractivity contribution in [2.75, 3.05) is 13.1 Å². The number of likely N-dealkylation sites (tertiary alicyclic amines) is 1. The molecule has 1 saturated heterocycles. The molecule has 4 aromatic rings. The van der Waals surface area contributed by atoms with Gasteiger partial charge in [-0.3, -0.25) is 4.90 Å². The topological polar surface area (TPSA) is 32.8 Å². The van der Waals surface area contributed by atoms with Gasteiger partial charge in [0.1, 0.15) is 5.60 Å². The molecule has 4 nitrogen and oxygen atoms in total. The second-order valence-corrected chi connectivity index (χ2v) is 11.3. The van der Waals surface area contributed by atoms with Crippen molar-refractivity contribution in [2.45, 2.75) is 64.8 Å². The Bertz CT molecular complexity index is 1310. The second-order valence-electron chi connectivity index (χ2n) is 11.3. The highest BCUT2D eigenvalue weighted by atomic mass is 16.6. The van der Waals surface area contributed by atoms with Crippen LogP contribution in [0.1, 0.15) is 64.3 Å². The molecule has 0 bridgehead atoms. The van der Waals surface area contributed by atoms with E-state index in [0.29, 0.717) is 13.1 Å². The van der Waals surface area contributed by atoms with Crippen LogP contribution in [0.5, 0.6) is 0 Å². The summed E-state index contributed by atoms with van der Waals surface area (Å²) in [6.45, 7) is 11.8. The first-order valence-electron chi connectivity index (χ1n) is 13.4. The molecule has 4 heteroatoms. The summed E-state index contributed by atoms with van der Waals surface area (Å²) in [6, 6.07) is 31.0. The van der Waals surface area contributed by atoms with Gasteiger partial charge < -0.3 is 9.64 Å². The Balaban J connectivity index is 1.54. The van der Waals surface area contributed by atoms with Gasteiger partial charge in [0.15, 0.2) is 0 Å². The molecule has 0 aliphatic carbocycles. The van der Waals surface area contributed by atoms with Crippen molar-refractivity contribution in [1.29, 1.82) is 0 Å². The number of rotatable bonds is 5. The summed E-state index contributed by atoms with van der Waals surface area (Å²) in [5.74, 6) is 0. The largest absolute Gasteiger partial charge is 0.444 e. The number of hydrogen-bond donors (Lipinski definition) is 0. The molecule has 3 unspecified atom stereocenters. The summed E-state index contributed by atoms with van der Waals surface area (Å²) in [6.07, 6.45) is 0.703. The van der Waals surface area contributed by atoms with Gasteiger partial charge in [0.05, 0.1) is 0 Å². The summed E-state index contributed by atoms with van der Waals surface area (Å²) in [7, 11) is 0. The first kappa shape index (κ1) is 25.3. The Hall–Kier alpha value is -3.37. The smallest absolute Gasteiger partial charge is 0.410 e. The molecule has 0 spiro atoms. The molecule has 0 saturated carbocycles. The normalized spacial score (nSPS) is 17.9. The first-order valence-corrected chi connectivity index (χ1v) is 13.4. The van der Waals surface area contributed by atoms with Crippen molar-refractivity contribution in [3.05, 3.63) is 96.1 Å². The summed E-state index contributed by atoms with van der Waals surface area (Å²) >= 11 is 0. The minimum absolute atomic E-state index is 0.156.